The molecule has 4 nitrogen and oxygen atoms in total. The van der Waals surface area contributed by atoms with Gasteiger partial charge in [-0.1, -0.05) is 18.2 Å². The summed E-state index contributed by atoms with van der Waals surface area (Å²) in [7, 11) is 0. The van der Waals surface area contributed by atoms with Crippen LogP contribution in [0, 0.1) is 0 Å². The number of hydrogen-bond donors (Lipinski definition) is 1. The highest BCUT2D eigenvalue weighted by molar-refractivity contribution is 5.69. The molecule has 0 atom stereocenters. The summed E-state index contributed by atoms with van der Waals surface area (Å²) in [6.45, 7) is 1.42. The first kappa shape index (κ1) is 15.1. The van der Waals surface area contributed by atoms with E-state index in [0.717, 1.165) is 5.56 Å². The first-order valence-corrected chi connectivity index (χ1v) is 5.60. The highest BCUT2D eigenvalue weighted by atomic mass is 19.3. The minimum absolute atomic E-state index is 0.0762. The minimum Gasteiger partial charge on any atom is -0.480 e. The zero-order valence-electron chi connectivity index (χ0n) is 10.3. The maximum Gasteiger partial charge on any atom is 0.387 e. The van der Waals surface area contributed by atoms with Crippen LogP contribution in [0.25, 0.3) is 0 Å². The molecule has 0 aromatic heterocycles. The number of carbonyl (C=O) groups is 1. The van der Waals surface area contributed by atoms with Crippen LogP contribution in [0.5, 0.6) is 5.75 Å². The van der Waals surface area contributed by atoms with Crippen molar-refractivity contribution in [3.05, 3.63) is 42.5 Å². The molecule has 0 fully saturated rings. The maximum absolute atomic E-state index is 12.0. The minimum atomic E-state index is -2.85. The van der Waals surface area contributed by atoms with Crippen molar-refractivity contribution in [2.75, 3.05) is 13.1 Å². The number of carboxylic acids is 1. The van der Waals surface area contributed by atoms with Gasteiger partial charge in [0.1, 0.15) is 5.75 Å². The predicted molar refractivity (Wildman–Crippen MR) is 66.2 cm³/mol. The molecule has 0 aliphatic rings. The van der Waals surface area contributed by atoms with E-state index in [1.807, 2.05) is 0 Å². The van der Waals surface area contributed by atoms with E-state index in [1.165, 1.54) is 12.1 Å². The summed E-state index contributed by atoms with van der Waals surface area (Å²) in [5.74, 6) is -0.855. The van der Waals surface area contributed by atoms with Crippen LogP contribution in [0.15, 0.2) is 36.9 Å². The van der Waals surface area contributed by atoms with Crippen LogP contribution in [0.1, 0.15) is 5.56 Å². The standard InChI is InChI=1S/C13H15F2NO3/c1-2-7-16(9-12(17)18)8-10-3-5-11(6-4-10)19-13(14)15/h2-6,13H,1,7-9H2,(H,17,18). The number of benzene rings is 1. The van der Waals surface area contributed by atoms with E-state index in [-0.39, 0.29) is 12.3 Å². The Morgan fingerprint density at radius 1 is 1.42 bits per heavy atom. The summed E-state index contributed by atoms with van der Waals surface area (Å²) in [6.07, 6.45) is 1.61. The molecule has 1 aromatic carbocycles. The van der Waals surface area contributed by atoms with Gasteiger partial charge in [-0.3, -0.25) is 9.69 Å². The van der Waals surface area contributed by atoms with Gasteiger partial charge in [-0.2, -0.15) is 8.78 Å². The Labute approximate surface area is 109 Å². The van der Waals surface area contributed by atoms with Gasteiger partial charge in [0.05, 0.1) is 6.54 Å². The second kappa shape index (κ2) is 7.48. The molecule has 0 radical (unpaired) electrons. The number of nitrogens with zero attached hydrogens (tertiary/aromatic N) is 1. The highest BCUT2D eigenvalue weighted by Gasteiger charge is 2.09. The van der Waals surface area contributed by atoms with E-state index >= 15 is 0 Å². The van der Waals surface area contributed by atoms with E-state index in [2.05, 4.69) is 11.3 Å². The van der Waals surface area contributed by atoms with Gasteiger partial charge >= 0.3 is 12.6 Å². The molecule has 0 unspecified atom stereocenters. The molecule has 104 valence electrons. The molecule has 6 heteroatoms. The van der Waals surface area contributed by atoms with E-state index in [1.54, 1.807) is 23.1 Å². The largest absolute Gasteiger partial charge is 0.480 e. The quantitative estimate of drug-likeness (QED) is 0.737. The van der Waals surface area contributed by atoms with E-state index in [9.17, 15) is 13.6 Å². The molecule has 0 aliphatic carbocycles. The van der Waals surface area contributed by atoms with Crippen LogP contribution in [0.3, 0.4) is 0 Å². The number of alkyl halides is 2. The fourth-order valence-electron chi connectivity index (χ4n) is 1.59. The van der Waals surface area contributed by atoms with Crippen molar-refractivity contribution in [3.63, 3.8) is 0 Å². The lowest BCUT2D eigenvalue weighted by Crippen LogP contribution is -2.29. The number of hydrogen-bond acceptors (Lipinski definition) is 3. The van der Waals surface area contributed by atoms with Crippen molar-refractivity contribution >= 4 is 5.97 Å². The molecule has 0 bridgehead atoms. The number of halogens is 2. The van der Waals surface area contributed by atoms with Crippen LogP contribution in [0.4, 0.5) is 8.78 Å². The summed E-state index contributed by atoms with van der Waals surface area (Å²) in [5.41, 5.74) is 0.810. The van der Waals surface area contributed by atoms with Crippen LogP contribution in [-0.4, -0.2) is 35.7 Å². The smallest absolute Gasteiger partial charge is 0.387 e. The molecular weight excluding hydrogens is 256 g/mol. The fraction of sp³-hybridized carbons (Fsp3) is 0.308. The first-order valence-electron chi connectivity index (χ1n) is 5.60. The van der Waals surface area contributed by atoms with Gasteiger partial charge in [-0.05, 0) is 17.7 Å². The van der Waals surface area contributed by atoms with Gasteiger partial charge in [0.2, 0.25) is 0 Å². The molecule has 0 aliphatic heterocycles. The van der Waals surface area contributed by atoms with E-state index in [0.29, 0.717) is 13.1 Å². The van der Waals surface area contributed by atoms with Gasteiger partial charge in [0.15, 0.2) is 0 Å². The van der Waals surface area contributed by atoms with Crippen LogP contribution >= 0.6 is 0 Å². The monoisotopic (exact) mass is 271 g/mol. The Kier molecular flexibility index (Phi) is 5.95. The maximum atomic E-state index is 12.0. The summed E-state index contributed by atoms with van der Waals surface area (Å²) < 4.78 is 28.2. The first-order chi connectivity index (χ1) is 9.01. The summed E-state index contributed by atoms with van der Waals surface area (Å²) in [4.78, 5) is 12.3. The van der Waals surface area contributed by atoms with Crippen LogP contribution in [-0.2, 0) is 11.3 Å². The molecule has 0 amide bonds. The fourth-order valence-corrected chi connectivity index (χ4v) is 1.59. The van der Waals surface area contributed by atoms with Crippen molar-refractivity contribution in [2.24, 2.45) is 0 Å². The zero-order chi connectivity index (χ0) is 14.3. The van der Waals surface area contributed by atoms with Gasteiger partial charge < -0.3 is 9.84 Å². The normalized spacial score (nSPS) is 10.7. The second-order valence-electron chi connectivity index (χ2n) is 3.87. The summed E-state index contributed by atoms with van der Waals surface area (Å²) in [5, 5.41) is 8.75. The lowest BCUT2D eigenvalue weighted by molar-refractivity contribution is -0.138. The third kappa shape index (κ3) is 5.96. The number of rotatable bonds is 8. The van der Waals surface area contributed by atoms with Crippen molar-refractivity contribution in [2.45, 2.75) is 13.2 Å². The van der Waals surface area contributed by atoms with Crippen LogP contribution in [0.2, 0.25) is 0 Å². The predicted octanol–water partition coefficient (Wildman–Crippen LogP) is 2.36. The number of carboxylic acid groups (broad SMARTS) is 1. The number of aliphatic carboxylic acids is 1. The lowest BCUT2D eigenvalue weighted by Gasteiger charge is -2.18. The summed E-state index contributed by atoms with van der Waals surface area (Å²) >= 11 is 0. The highest BCUT2D eigenvalue weighted by Crippen LogP contribution is 2.15. The molecular formula is C13H15F2NO3. The van der Waals surface area contributed by atoms with Gasteiger partial charge in [0.25, 0.3) is 0 Å². The zero-order valence-corrected chi connectivity index (χ0v) is 10.3. The van der Waals surface area contributed by atoms with Crippen LogP contribution < -0.4 is 4.74 Å². The third-order valence-electron chi connectivity index (χ3n) is 2.30. The molecule has 19 heavy (non-hydrogen) atoms. The summed E-state index contributed by atoms with van der Waals surface area (Å²) in [6, 6.07) is 6.09. The number of ether oxygens (including phenoxy) is 1. The Hall–Kier alpha value is -1.95. The molecule has 1 aromatic rings. The van der Waals surface area contributed by atoms with Gasteiger partial charge in [-0.15, -0.1) is 6.58 Å². The Balaban J connectivity index is 2.63. The Bertz CT molecular complexity index is 420. The lowest BCUT2D eigenvalue weighted by atomic mass is 10.2. The SMILES string of the molecule is C=CCN(CC(=O)O)Cc1ccc(OC(F)F)cc1. The average molecular weight is 271 g/mol. The van der Waals surface area contributed by atoms with Gasteiger partial charge in [-0.25, -0.2) is 0 Å². The molecule has 0 saturated heterocycles. The average Bonchev–Trinajstić information content (AvgIpc) is 2.30. The molecule has 1 rings (SSSR count). The van der Waals surface area contributed by atoms with Gasteiger partial charge in [0, 0.05) is 13.1 Å². The third-order valence-corrected chi connectivity index (χ3v) is 2.30. The second-order valence-corrected chi connectivity index (χ2v) is 3.87. The Morgan fingerprint density at radius 3 is 2.53 bits per heavy atom. The van der Waals surface area contributed by atoms with Crippen molar-refractivity contribution in [3.8, 4) is 5.75 Å². The topological polar surface area (TPSA) is 49.8 Å². The van der Waals surface area contributed by atoms with Crippen molar-refractivity contribution in [1.29, 1.82) is 0 Å². The Morgan fingerprint density at radius 2 is 2.05 bits per heavy atom. The van der Waals surface area contributed by atoms with E-state index in [4.69, 9.17) is 5.11 Å². The molecule has 0 spiro atoms. The molecule has 0 heterocycles. The van der Waals surface area contributed by atoms with E-state index < -0.39 is 12.6 Å². The van der Waals surface area contributed by atoms with Crippen molar-refractivity contribution in [1.82, 2.24) is 4.90 Å². The van der Waals surface area contributed by atoms with Crippen molar-refractivity contribution < 1.29 is 23.4 Å². The molecule has 1 N–H and O–H groups in total. The molecule has 0 saturated carbocycles.